The van der Waals surface area contributed by atoms with Crippen LogP contribution in [0.4, 0.5) is 8.78 Å². The van der Waals surface area contributed by atoms with Crippen LogP contribution in [0.2, 0.25) is 0 Å². The topological polar surface area (TPSA) is 40.5 Å². The molecular formula is C14H17F2NO2. The molecule has 1 heterocycles. The lowest BCUT2D eigenvalue weighted by Gasteiger charge is -2.32. The molecule has 1 aromatic rings. The Kier molecular flexibility index (Phi) is 4.14. The molecule has 0 bridgehead atoms. The number of hydrogen-bond donors (Lipinski definition) is 1. The highest BCUT2D eigenvalue weighted by Crippen LogP contribution is 2.33. The summed E-state index contributed by atoms with van der Waals surface area (Å²) < 4.78 is 26.2. The van der Waals surface area contributed by atoms with Crippen molar-refractivity contribution < 1.29 is 18.7 Å². The minimum absolute atomic E-state index is 0.0291. The van der Waals surface area contributed by atoms with Gasteiger partial charge in [-0.15, -0.1) is 0 Å². The van der Waals surface area contributed by atoms with Gasteiger partial charge in [0.1, 0.15) is 0 Å². The zero-order valence-electron chi connectivity index (χ0n) is 10.8. The van der Waals surface area contributed by atoms with Gasteiger partial charge < -0.3 is 10.0 Å². The third-order valence-electron chi connectivity index (χ3n) is 3.80. The molecule has 1 aliphatic heterocycles. The number of carboxylic acid groups (broad SMARTS) is 1. The van der Waals surface area contributed by atoms with Crippen molar-refractivity contribution in [2.75, 3.05) is 20.1 Å². The van der Waals surface area contributed by atoms with Crippen LogP contribution >= 0.6 is 0 Å². The predicted molar refractivity (Wildman–Crippen MR) is 67.0 cm³/mol. The second-order valence-electron chi connectivity index (χ2n) is 5.13. The highest BCUT2D eigenvalue weighted by Gasteiger charge is 2.32. The lowest BCUT2D eigenvalue weighted by molar-refractivity contribution is -0.140. The van der Waals surface area contributed by atoms with Gasteiger partial charge in [-0.05, 0) is 56.6 Å². The molecule has 0 saturated carbocycles. The molecule has 0 amide bonds. The van der Waals surface area contributed by atoms with Crippen LogP contribution in [0.25, 0.3) is 0 Å². The van der Waals surface area contributed by atoms with Crippen LogP contribution in [0.5, 0.6) is 0 Å². The maximum absolute atomic E-state index is 13.3. The molecule has 0 spiro atoms. The fraction of sp³-hybridized carbons (Fsp3) is 0.500. The number of nitrogens with zero attached hydrogens (tertiary/aromatic N) is 1. The Balaban J connectivity index is 2.24. The van der Waals surface area contributed by atoms with E-state index >= 15 is 0 Å². The van der Waals surface area contributed by atoms with Gasteiger partial charge in [-0.25, -0.2) is 8.78 Å². The maximum Gasteiger partial charge on any atom is 0.311 e. The van der Waals surface area contributed by atoms with Gasteiger partial charge in [0.05, 0.1) is 5.92 Å². The largest absolute Gasteiger partial charge is 0.481 e. The molecule has 0 aromatic heterocycles. The van der Waals surface area contributed by atoms with Gasteiger partial charge >= 0.3 is 5.97 Å². The van der Waals surface area contributed by atoms with Crippen molar-refractivity contribution in [3.63, 3.8) is 0 Å². The van der Waals surface area contributed by atoms with E-state index in [2.05, 4.69) is 4.90 Å². The van der Waals surface area contributed by atoms with Crippen molar-refractivity contribution >= 4 is 5.97 Å². The summed E-state index contributed by atoms with van der Waals surface area (Å²) in [6, 6.07) is 3.37. The predicted octanol–water partition coefficient (Wildman–Crippen LogP) is 2.47. The molecule has 0 radical (unpaired) electrons. The normalized spacial score (nSPS) is 19.3. The van der Waals surface area contributed by atoms with Crippen LogP contribution in [0.1, 0.15) is 24.3 Å². The Morgan fingerprint density at radius 1 is 1.32 bits per heavy atom. The Labute approximate surface area is 110 Å². The molecule has 1 N–H and O–H groups in total. The summed E-state index contributed by atoms with van der Waals surface area (Å²) in [6.07, 6.45) is 1.51. The van der Waals surface area contributed by atoms with E-state index in [9.17, 15) is 18.7 Å². The molecule has 5 heteroatoms. The van der Waals surface area contributed by atoms with Crippen LogP contribution in [0.3, 0.4) is 0 Å². The minimum atomic E-state index is -0.989. The fourth-order valence-electron chi connectivity index (χ4n) is 2.68. The second-order valence-corrected chi connectivity index (χ2v) is 5.13. The molecule has 1 aliphatic rings. The molecule has 104 valence electrons. The minimum Gasteiger partial charge on any atom is -0.481 e. The molecular weight excluding hydrogens is 252 g/mol. The fourth-order valence-corrected chi connectivity index (χ4v) is 2.68. The average Bonchev–Trinajstić information content (AvgIpc) is 2.36. The SMILES string of the molecule is CN1CCC(C(C(=O)O)c2ccc(F)c(F)c2)CC1. The van der Waals surface area contributed by atoms with E-state index in [-0.39, 0.29) is 5.92 Å². The zero-order valence-corrected chi connectivity index (χ0v) is 10.8. The second kappa shape index (κ2) is 5.65. The molecule has 1 aromatic carbocycles. The first-order valence-corrected chi connectivity index (χ1v) is 6.35. The summed E-state index contributed by atoms with van der Waals surface area (Å²) in [6.45, 7) is 1.66. The van der Waals surface area contributed by atoms with Crippen molar-refractivity contribution in [2.45, 2.75) is 18.8 Å². The lowest BCUT2D eigenvalue weighted by Crippen LogP contribution is -2.35. The Morgan fingerprint density at radius 2 is 1.95 bits per heavy atom. The molecule has 1 atom stereocenters. The van der Waals surface area contributed by atoms with E-state index in [4.69, 9.17) is 0 Å². The smallest absolute Gasteiger partial charge is 0.311 e. The zero-order chi connectivity index (χ0) is 14.0. The first kappa shape index (κ1) is 13.9. The van der Waals surface area contributed by atoms with E-state index in [0.717, 1.165) is 38.1 Å². The molecule has 1 saturated heterocycles. The van der Waals surface area contributed by atoms with Crippen LogP contribution in [-0.2, 0) is 4.79 Å². The summed E-state index contributed by atoms with van der Waals surface area (Å²) >= 11 is 0. The van der Waals surface area contributed by atoms with Gasteiger partial charge in [-0.2, -0.15) is 0 Å². The number of hydrogen-bond acceptors (Lipinski definition) is 2. The highest BCUT2D eigenvalue weighted by molar-refractivity contribution is 5.76. The van der Waals surface area contributed by atoms with Gasteiger partial charge in [0, 0.05) is 0 Å². The molecule has 3 nitrogen and oxygen atoms in total. The number of carbonyl (C=O) groups is 1. The van der Waals surface area contributed by atoms with Gasteiger partial charge in [-0.3, -0.25) is 4.79 Å². The Hall–Kier alpha value is -1.49. The average molecular weight is 269 g/mol. The maximum atomic E-state index is 13.3. The van der Waals surface area contributed by atoms with Crippen molar-refractivity contribution in [1.29, 1.82) is 0 Å². The number of rotatable bonds is 3. The summed E-state index contributed by atoms with van der Waals surface area (Å²) in [5, 5.41) is 9.38. The van der Waals surface area contributed by atoms with E-state index in [1.165, 1.54) is 6.07 Å². The number of piperidine rings is 1. The summed E-state index contributed by atoms with van der Waals surface area (Å²) in [4.78, 5) is 13.6. The number of aliphatic carboxylic acids is 1. The standard InChI is InChI=1S/C14H17F2NO2/c1-17-6-4-9(5-7-17)13(14(18)19)10-2-3-11(15)12(16)8-10/h2-3,8-9,13H,4-7H2,1H3,(H,18,19). The van der Waals surface area contributed by atoms with Gasteiger partial charge in [0.25, 0.3) is 0 Å². The number of halogens is 2. The van der Waals surface area contributed by atoms with E-state index in [0.29, 0.717) is 5.56 Å². The molecule has 1 unspecified atom stereocenters. The summed E-state index contributed by atoms with van der Waals surface area (Å²) in [5.74, 6) is -3.70. The Bertz CT molecular complexity index is 471. The van der Waals surface area contributed by atoms with Gasteiger partial charge in [0.2, 0.25) is 0 Å². The number of carboxylic acids is 1. The summed E-state index contributed by atoms with van der Waals surface area (Å²) in [5.41, 5.74) is 0.348. The molecule has 1 fully saturated rings. The number of benzene rings is 1. The van der Waals surface area contributed by atoms with Crippen LogP contribution in [-0.4, -0.2) is 36.1 Å². The monoisotopic (exact) mass is 269 g/mol. The quantitative estimate of drug-likeness (QED) is 0.916. The third-order valence-corrected chi connectivity index (χ3v) is 3.80. The highest BCUT2D eigenvalue weighted by atomic mass is 19.2. The van der Waals surface area contributed by atoms with Crippen molar-refractivity contribution in [3.05, 3.63) is 35.4 Å². The third kappa shape index (κ3) is 3.10. The van der Waals surface area contributed by atoms with Crippen LogP contribution in [0.15, 0.2) is 18.2 Å². The van der Waals surface area contributed by atoms with Gasteiger partial charge in [-0.1, -0.05) is 6.07 Å². The van der Waals surface area contributed by atoms with E-state index in [1.807, 2.05) is 7.05 Å². The molecule has 2 rings (SSSR count). The van der Waals surface area contributed by atoms with Gasteiger partial charge in [0.15, 0.2) is 11.6 Å². The lowest BCUT2D eigenvalue weighted by atomic mass is 9.80. The first-order valence-electron chi connectivity index (χ1n) is 6.35. The summed E-state index contributed by atoms with van der Waals surface area (Å²) in [7, 11) is 1.99. The van der Waals surface area contributed by atoms with Crippen molar-refractivity contribution in [3.8, 4) is 0 Å². The Morgan fingerprint density at radius 3 is 2.47 bits per heavy atom. The molecule has 0 aliphatic carbocycles. The first-order chi connectivity index (χ1) is 8.99. The van der Waals surface area contributed by atoms with E-state index < -0.39 is 23.5 Å². The van der Waals surface area contributed by atoms with Crippen molar-refractivity contribution in [1.82, 2.24) is 4.90 Å². The number of likely N-dealkylation sites (tertiary alicyclic amines) is 1. The van der Waals surface area contributed by atoms with Crippen LogP contribution in [0, 0.1) is 17.6 Å². The van der Waals surface area contributed by atoms with E-state index in [1.54, 1.807) is 0 Å². The molecule has 19 heavy (non-hydrogen) atoms. The van der Waals surface area contributed by atoms with Crippen molar-refractivity contribution in [2.24, 2.45) is 5.92 Å². The van der Waals surface area contributed by atoms with Crippen LogP contribution < -0.4 is 0 Å².